The molecule has 0 radical (unpaired) electrons. The Kier molecular flexibility index (Phi) is 7.11. The van der Waals surface area contributed by atoms with Crippen molar-refractivity contribution >= 4 is 17.5 Å². The highest BCUT2D eigenvalue weighted by Crippen LogP contribution is 2.53. The number of esters is 1. The smallest absolute Gasteiger partial charge is 0.316 e. The van der Waals surface area contributed by atoms with Crippen molar-refractivity contribution in [1.82, 2.24) is 4.90 Å². The molecule has 2 aromatic rings. The van der Waals surface area contributed by atoms with E-state index in [-0.39, 0.29) is 35.6 Å². The molecule has 1 heterocycles. The Hall–Kier alpha value is -3.55. The molecule has 0 amide bonds. The van der Waals surface area contributed by atoms with E-state index in [1.54, 1.807) is 21.0 Å². The normalized spacial score (nSPS) is 30.9. The van der Waals surface area contributed by atoms with Gasteiger partial charge in [-0.3, -0.25) is 14.4 Å². The number of aliphatic hydroxyl groups excluding tert-OH is 1. The minimum absolute atomic E-state index is 0.00615. The molecule has 5 N–H and O–H groups in total. The lowest BCUT2D eigenvalue weighted by Crippen LogP contribution is -2.54. The molecule has 5 rings (SSSR count). The molecule has 0 saturated carbocycles. The van der Waals surface area contributed by atoms with Gasteiger partial charge >= 0.3 is 5.97 Å². The van der Waals surface area contributed by atoms with Crippen LogP contribution in [0.3, 0.4) is 0 Å². The van der Waals surface area contributed by atoms with Gasteiger partial charge in [0.1, 0.15) is 23.2 Å². The second kappa shape index (κ2) is 10.1. The predicted octanol–water partition coefficient (Wildman–Crippen LogP) is 1.47. The molecule has 1 aliphatic heterocycles. The topological polar surface area (TPSA) is 183 Å². The molecule has 12 heteroatoms. The molecule has 7 atom stereocenters. The summed E-state index contributed by atoms with van der Waals surface area (Å²) >= 11 is 0. The zero-order valence-electron chi connectivity index (χ0n) is 23.2. The third kappa shape index (κ3) is 4.46. The van der Waals surface area contributed by atoms with Crippen LogP contribution in [-0.2, 0) is 19.0 Å². The van der Waals surface area contributed by atoms with Gasteiger partial charge in [0, 0.05) is 30.0 Å². The average Bonchev–Trinajstić information content (AvgIpc) is 2.89. The molecule has 3 aliphatic rings. The van der Waals surface area contributed by atoms with E-state index < -0.39 is 87.6 Å². The van der Waals surface area contributed by atoms with E-state index >= 15 is 0 Å². The molecule has 12 nitrogen and oxygen atoms in total. The quantitative estimate of drug-likeness (QED) is 0.225. The zero-order valence-corrected chi connectivity index (χ0v) is 23.2. The summed E-state index contributed by atoms with van der Waals surface area (Å²) in [7, 11) is 4.74. The fraction of sp³-hybridized carbons (Fsp3) is 0.483. The number of hydrogen-bond donors (Lipinski definition) is 5. The first-order valence-electron chi connectivity index (χ1n) is 13.2. The van der Waals surface area contributed by atoms with Gasteiger partial charge in [-0.25, -0.2) is 0 Å². The van der Waals surface area contributed by atoms with Gasteiger partial charge in [0.2, 0.25) is 5.78 Å². The van der Waals surface area contributed by atoms with Crippen LogP contribution >= 0.6 is 0 Å². The average molecular weight is 572 g/mol. The van der Waals surface area contributed by atoms with Gasteiger partial charge in [0.05, 0.1) is 47.7 Å². The van der Waals surface area contributed by atoms with Crippen LogP contribution in [0.2, 0.25) is 0 Å². The number of phenolic OH excluding ortho intramolecular Hbond substituents is 3. The predicted molar refractivity (Wildman–Crippen MR) is 141 cm³/mol. The Balaban J connectivity index is 1.68. The molecule has 7 unspecified atom stereocenters. The van der Waals surface area contributed by atoms with E-state index in [2.05, 4.69) is 0 Å². The first-order valence-corrected chi connectivity index (χ1v) is 13.2. The van der Waals surface area contributed by atoms with E-state index in [9.17, 15) is 39.9 Å². The lowest BCUT2D eigenvalue weighted by Gasteiger charge is -2.45. The number of phenols is 3. The summed E-state index contributed by atoms with van der Waals surface area (Å²) in [6.45, 7) is 3.08. The van der Waals surface area contributed by atoms with Crippen molar-refractivity contribution in [3.05, 3.63) is 51.6 Å². The van der Waals surface area contributed by atoms with E-state index in [4.69, 9.17) is 14.2 Å². The van der Waals surface area contributed by atoms with Crippen LogP contribution in [0.15, 0.2) is 18.2 Å². The number of nitrogens with zero attached hydrogens (tertiary/aromatic N) is 1. The third-order valence-corrected chi connectivity index (χ3v) is 8.40. The Morgan fingerprint density at radius 3 is 2.27 bits per heavy atom. The van der Waals surface area contributed by atoms with Crippen molar-refractivity contribution in [2.45, 2.75) is 68.9 Å². The van der Waals surface area contributed by atoms with E-state index in [1.165, 1.54) is 13.0 Å². The van der Waals surface area contributed by atoms with Gasteiger partial charge in [0.15, 0.2) is 12.1 Å². The molecule has 1 saturated heterocycles. The highest BCUT2D eigenvalue weighted by Gasteiger charge is 2.52. The Morgan fingerprint density at radius 1 is 1.07 bits per heavy atom. The van der Waals surface area contributed by atoms with Gasteiger partial charge in [-0.05, 0) is 51.7 Å². The van der Waals surface area contributed by atoms with Crippen molar-refractivity contribution in [3.8, 4) is 17.2 Å². The number of ether oxygens (including phenoxy) is 3. The maximum Gasteiger partial charge on any atom is 0.316 e. The number of aliphatic hydroxyl groups is 2. The molecule has 41 heavy (non-hydrogen) atoms. The molecular formula is C29H33NO11. The fourth-order valence-electron chi connectivity index (χ4n) is 6.35. The monoisotopic (exact) mass is 571 g/mol. The number of rotatable bonds is 4. The number of benzene rings is 2. The molecule has 2 aliphatic carbocycles. The van der Waals surface area contributed by atoms with Gasteiger partial charge < -0.3 is 44.6 Å². The number of ketones is 2. The summed E-state index contributed by atoms with van der Waals surface area (Å²) in [4.78, 5) is 42.0. The van der Waals surface area contributed by atoms with Gasteiger partial charge in [-0.1, -0.05) is 0 Å². The summed E-state index contributed by atoms with van der Waals surface area (Å²) in [6.07, 6.45) is -3.43. The SMILES string of the molecule is COC(=O)C1c2cc3c(c(O)c2C(OC2CC(N(C)C)C(O)C(C)O2)CC1(C)O)C(=O)c1c(O)ccc(O)c1C3=O. The summed E-state index contributed by atoms with van der Waals surface area (Å²) in [5.41, 5.74) is -3.44. The van der Waals surface area contributed by atoms with Crippen LogP contribution in [0.4, 0.5) is 0 Å². The highest BCUT2D eigenvalue weighted by molar-refractivity contribution is 6.31. The largest absolute Gasteiger partial charge is 0.507 e. The lowest BCUT2D eigenvalue weighted by atomic mass is 9.68. The summed E-state index contributed by atoms with van der Waals surface area (Å²) in [5.74, 6) is -5.75. The van der Waals surface area contributed by atoms with E-state index in [0.717, 1.165) is 19.2 Å². The van der Waals surface area contributed by atoms with Crippen LogP contribution in [0, 0.1) is 0 Å². The minimum Gasteiger partial charge on any atom is -0.507 e. The van der Waals surface area contributed by atoms with Crippen LogP contribution in [0.25, 0.3) is 0 Å². The van der Waals surface area contributed by atoms with Crippen molar-refractivity contribution in [2.24, 2.45) is 0 Å². The maximum atomic E-state index is 13.6. The molecule has 220 valence electrons. The maximum absolute atomic E-state index is 13.6. The first kappa shape index (κ1) is 29.0. The Bertz CT molecular complexity index is 1450. The minimum atomic E-state index is -1.79. The summed E-state index contributed by atoms with van der Waals surface area (Å²) < 4.78 is 17.1. The van der Waals surface area contributed by atoms with Gasteiger partial charge in [-0.15, -0.1) is 0 Å². The standard InChI is InChI=1S/C29H33NO11/c1-11-24(33)14(30(3)4)9-18(40-11)41-17-10-29(2,38)23(28(37)39-5)12-8-13-20(26(35)19(12)17)27(36)22-16(32)7-6-15(31)21(22)25(13)34/h6-8,11,14,17-18,23-24,31-33,35,38H,9-10H2,1-5H3. The van der Waals surface area contributed by atoms with Crippen LogP contribution in [0.5, 0.6) is 17.2 Å². The number of fused-ring (bicyclic) bond motifs is 3. The van der Waals surface area contributed by atoms with E-state index in [1.807, 2.05) is 4.90 Å². The number of carbonyl (C=O) groups is 3. The number of carbonyl (C=O) groups excluding carboxylic acids is 3. The van der Waals surface area contributed by atoms with Crippen molar-refractivity contribution in [2.75, 3.05) is 21.2 Å². The second-order valence-electron chi connectivity index (χ2n) is 11.3. The molecular weight excluding hydrogens is 538 g/mol. The summed E-state index contributed by atoms with van der Waals surface area (Å²) in [5, 5.41) is 54.5. The number of hydrogen-bond acceptors (Lipinski definition) is 12. The highest BCUT2D eigenvalue weighted by atomic mass is 16.7. The Labute approximate surface area is 235 Å². The zero-order chi connectivity index (χ0) is 30.1. The molecule has 1 fully saturated rings. The van der Waals surface area contributed by atoms with Crippen molar-refractivity contribution in [1.29, 1.82) is 0 Å². The number of likely N-dealkylation sites (N-methyl/N-ethyl adjacent to an activating group) is 1. The van der Waals surface area contributed by atoms with Crippen molar-refractivity contribution in [3.63, 3.8) is 0 Å². The van der Waals surface area contributed by atoms with Crippen molar-refractivity contribution < 1.29 is 54.1 Å². The third-order valence-electron chi connectivity index (χ3n) is 8.40. The number of methoxy groups -OCH3 is 1. The fourth-order valence-corrected chi connectivity index (χ4v) is 6.35. The van der Waals surface area contributed by atoms with Crippen LogP contribution in [-0.4, -0.2) is 99.3 Å². The summed E-state index contributed by atoms with van der Waals surface area (Å²) in [6, 6.07) is 3.02. The van der Waals surface area contributed by atoms with Crippen LogP contribution < -0.4 is 0 Å². The first-order chi connectivity index (χ1) is 19.2. The Morgan fingerprint density at radius 2 is 1.68 bits per heavy atom. The molecule has 2 aromatic carbocycles. The lowest BCUT2D eigenvalue weighted by molar-refractivity contribution is -0.257. The molecule has 0 aromatic heterocycles. The number of aromatic hydroxyl groups is 3. The second-order valence-corrected chi connectivity index (χ2v) is 11.3. The molecule has 0 spiro atoms. The van der Waals surface area contributed by atoms with Gasteiger partial charge in [0.25, 0.3) is 0 Å². The van der Waals surface area contributed by atoms with E-state index in [0.29, 0.717) is 0 Å². The molecule has 0 bridgehead atoms. The van der Waals surface area contributed by atoms with Gasteiger partial charge in [-0.2, -0.15) is 0 Å². The van der Waals surface area contributed by atoms with Crippen LogP contribution in [0.1, 0.15) is 81.7 Å².